The van der Waals surface area contributed by atoms with E-state index in [1.807, 2.05) is 0 Å². The minimum atomic E-state index is -8.73. The fourth-order valence-electron chi connectivity index (χ4n) is 1.99. The highest BCUT2D eigenvalue weighted by molar-refractivity contribution is 7.90. The topological polar surface area (TPSA) is 72.5 Å². The lowest BCUT2D eigenvalue weighted by atomic mass is 9.90. The maximum absolute atomic E-state index is 14.4. The second-order valence-corrected chi connectivity index (χ2v) is 8.77. The molecular weight excluding hydrogens is 582 g/mol. The summed E-state index contributed by atoms with van der Waals surface area (Å²) in [5.74, 6) is -52.1. The molecule has 0 radical (unpaired) electrons. The van der Waals surface area contributed by atoms with Crippen molar-refractivity contribution in [3.05, 3.63) is 12.7 Å². The fraction of sp³-hybridized carbons (Fsp3) is 0.786. The van der Waals surface area contributed by atoms with Gasteiger partial charge in [-0.15, -0.1) is 0 Å². The third kappa shape index (κ3) is 4.69. The fourth-order valence-corrected chi connectivity index (χ4v) is 3.16. The molecule has 214 valence electrons. The van der Waals surface area contributed by atoms with Crippen molar-refractivity contribution in [2.45, 2.75) is 66.8 Å². The van der Waals surface area contributed by atoms with Crippen LogP contribution in [0.4, 0.5) is 70.2 Å². The summed E-state index contributed by atoms with van der Waals surface area (Å²) >= 11 is 0. The van der Waals surface area contributed by atoms with Crippen LogP contribution in [0, 0.1) is 0 Å². The van der Waals surface area contributed by atoms with E-state index >= 15 is 0 Å². The SMILES string of the molecule is C=CC(=O)OC(C)NS(=O)(=O)C(C)(F)C(F)(F)C(F)(F)C(F)(F)C(F)(F)C(F)(F)C(F)(F)C(F)(F)F. The molecule has 0 aromatic rings. The number of hydrogen-bond acceptors (Lipinski definition) is 4. The maximum atomic E-state index is 14.4. The predicted molar refractivity (Wildman–Crippen MR) is 83.1 cm³/mol. The van der Waals surface area contributed by atoms with Crippen molar-refractivity contribution >= 4 is 16.0 Å². The zero-order valence-electron chi connectivity index (χ0n) is 17.0. The van der Waals surface area contributed by atoms with Crippen LogP contribution in [0.1, 0.15) is 13.8 Å². The molecule has 0 aliphatic rings. The Bertz CT molecular complexity index is 956. The van der Waals surface area contributed by atoms with Gasteiger partial charge in [-0.25, -0.2) is 17.6 Å². The molecule has 22 heteroatoms. The molecule has 0 saturated carbocycles. The smallest absolute Gasteiger partial charge is 0.443 e. The van der Waals surface area contributed by atoms with Gasteiger partial charge in [-0.05, 0) is 13.8 Å². The number of alkyl halides is 16. The molecule has 0 aliphatic carbocycles. The minimum Gasteiger partial charge on any atom is -0.443 e. The van der Waals surface area contributed by atoms with Crippen LogP contribution < -0.4 is 4.72 Å². The van der Waals surface area contributed by atoms with Crippen molar-refractivity contribution in [3.63, 3.8) is 0 Å². The van der Waals surface area contributed by atoms with Crippen molar-refractivity contribution in [1.29, 1.82) is 0 Å². The second-order valence-electron chi connectivity index (χ2n) is 6.77. The summed E-state index contributed by atoms with van der Waals surface area (Å²) in [4.78, 5) is 10.9. The molecule has 0 aromatic carbocycles. The molecule has 0 rings (SSSR count). The van der Waals surface area contributed by atoms with Gasteiger partial charge in [0.25, 0.3) is 15.0 Å². The van der Waals surface area contributed by atoms with Crippen molar-refractivity contribution in [1.82, 2.24) is 4.72 Å². The lowest BCUT2D eigenvalue weighted by Gasteiger charge is -2.43. The highest BCUT2D eigenvalue weighted by Gasteiger charge is 2.95. The Kier molecular flexibility index (Phi) is 8.58. The molecule has 0 amide bonds. The molecule has 0 spiro atoms. The molecule has 36 heavy (non-hydrogen) atoms. The molecule has 0 aliphatic heterocycles. The highest BCUT2D eigenvalue weighted by Crippen LogP contribution is 2.64. The summed E-state index contributed by atoms with van der Waals surface area (Å²) in [5.41, 5.74) is 0. The largest absolute Gasteiger partial charge is 0.460 e. The van der Waals surface area contributed by atoms with Crippen LogP contribution in [0.5, 0.6) is 0 Å². The number of nitrogens with one attached hydrogen (secondary N) is 1. The predicted octanol–water partition coefficient (Wildman–Crippen LogP) is 5.04. The monoisotopic (exact) mass is 593 g/mol. The summed E-state index contributed by atoms with van der Waals surface area (Å²) in [6, 6.07) is 0. The van der Waals surface area contributed by atoms with Gasteiger partial charge in [0.05, 0.1) is 0 Å². The van der Waals surface area contributed by atoms with E-state index in [2.05, 4.69) is 11.3 Å². The first-order valence-electron chi connectivity index (χ1n) is 8.22. The zero-order chi connectivity index (χ0) is 29.8. The van der Waals surface area contributed by atoms with Crippen molar-refractivity contribution in [3.8, 4) is 0 Å². The van der Waals surface area contributed by atoms with Crippen LogP contribution in [0.3, 0.4) is 0 Å². The van der Waals surface area contributed by atoms with Gasteiger partial charge in [-0.3, -0.25) is 0 Å². The minimum absolute atomic E-state index is 0.266. The van der Waals surface area contributed by atoms with Crippen LogP contribution >= 0.6 is 0 Å². The number of carbonyl (C=O) groups excluding carboxylic acids is 1. The Hall–Kier alpha value is -2.00. The van der Waals surface area contributed by atoms with E-state index in [1.165, 1.54) is 0 Å². The quantitative estimate of drug-likeness (QED) is 0.158. The van der Waals surface area contributed by atoms with Crippen molar-refractivity contribution in [2.75, 3.05) is 0 Å². The van der Waals surface area contributed by atoms with Gasteiger partial charge in [0.15, 0.2) is 6.23 Å². The third-order valence-corrected chi connectivity index (χ3v) is 6.08. The van der Waals surface area contributed by atoms with Crippen LogP contribution in [0.25, 0.3) is 0 Å². The molecule has 1 N–H and O–H groups in total. The van der Waals surface area contributed by atoms with Gasteiger partial charge in [0.2, 0.25) is 0 Å². The van der Waals surface area contributed by atoms with Crippen LogP contribution in [0.2, 0.25) is 0 Å². The zero-order valence-corrected chi connectivity index (χ0v) is 17.8. The Balaban J connectivity index is 6.79. The molecule has 0 heterocycles. The molecule has 0 saturated heterocycles. The number of esters is 1. The van der Waals surface area contributed by atoms with E-state index in [1.54, 1.807) is 0 Å². The Morgan fingerprint density at radius 2 is 1.03 bits per heavy atom. The van der Waals surface area contributed by atoms with E-state index in [0.29, 0.717) is 11.6 Å². The molecule has 2 unspecified atom stereocenters. The van der Waals surface area contributed by atoms with Crippen LogP contribution in [-0.4, -0.2) is 67.3 Å². The average Bonchev–Trinajstić information content (AvgIpc) is 2.65. The van der Waals surface area contributed by atoms with E-state index in [4.69, 9.17) is 0 Å². The second kappa shape index (κ2) is 9.08. The summed E-state index contributed by atoms with van der Waals surface area (Å²) in [6.45, 7) is 1.88. The first-order valence-corrected chi connectivity index (χ1v) is 9.71. The van der Waals surface area contributed by atoms with Crippen LogP contribution in [0.15, 0.2) is 12.7 Å². The number of hydrogen-bond donors (Lipinski definition) is 1. The molecule has 0 aromatic heterocycles. The molecular formula is C14H11F16NO4S. The lowest BCUT2D eigenvalue weighted by molar-refractivity contribution is -0.455. The van der Waals surface area contributed by atoms with Gasteiger partial charge < -0.3 is 4.74 Å². The number of sulfonamides is 1. The van der Waals surface area contributed by atoms with Gasteiger partial charge in [-0.1, -0.05) is 6.58 Å². The normalized spacial score (nSPS) is 17.8. The molecule has 0 bridgehead atoms. The Morgan fingerprint density at radius 3 is 1.33 bits per heavy atom. The number of rotatable bonds is 11. The van der Waals surface area contributed by atoms with Crippen molar-refractivity contribution < 1.29 is 88.2 Å². The number of halogens is 16. The summed E-state index contributed by atoms with van der Waals surface area (Å²) < 4.78 is 240. The maximum Gasteiger partial charge on any atom is 0.460 e. The number of ether oxygens (including phenoxy) is 1. The van der Waals surface area contributed by atoms with Gasteiger partial charge in [-0.2, -0.15) is 70.6 Å². The molecule has 2 atom stereocenters. The van der Waals surface area contributed by atoms with Gasteiger partial charge in [0.1, 0.15) is 0 Å². The van der Waals surface area contributed by atoms with Crippen molar-refractivity contribution in [2.24, 2.45) is 0 Å². The number of carbonyl (C=O) groups is 1. The lowest BCUT2D eigenvalue weighted by Crippen LogP contribution is -2.75. The van der Waals surface area contributed by atoms with E-state index in [0.717, 1.165) is 0 Å². The average molecular weight is 593 g/mol. The first kappa shape index (κ1) is 34.0. The first-order chi connectivity index (χ1) is 15.3. The Labute approximate surface area is 189 Å². The van der Waals surface area contributed by atoms with E-state index < -0.39 is 75.9 Å². The summed E-state index contributed by atoms with van der Waals surface area (Å²) in [5, 5.41) is -6.25. The summed E-state index contributed by atoms with van der Waals surface area (Å²) in [7, 11) is -6.90. The van der Waals surface area contributed by atoms with Gasteiger partial charge in [0, 0.05) is 6.08 Å². The van der Waals surface area contributed by atoms with Gasteiger partial charge >= 0.3 is 47.7 Å². The molecule has 5 nitrogen and oxygen atoms in total. The molecule has 0 fully saturated rings. The Morgan fingerprint density at radius 1 is 0.722 bits per heavy atom. The van der Waals surface area contributed by atoms with E-state index in [-0.39, 0.29) is 6.08 Å². The standard InChI is InChI=1S/C14H11F16NO4S/c1-4-6(32)35-5(2)31-36(33,34)7(3,15)8(16,17)9(18,19)10(20,21)11(22,23)12(24,25)13(26,27)14(28,29)30/h4-5,31H,1H2,2-3H3. The third-order valence-electron chi connectivity index (χ3n) is 4.17. The van der Waals surface area contributed by atoms with E-state index in [9.17, 15) is 83.5 Å². The van der Waals surface area contributed by atoms with Crippen LogP contribution in [-0.2, 0) is 19.6 Å². The summed E-state index contributed by atoms with van der Waals surface area (Å²) in [6.07, 6.45) is -10.1. The highest BCUT2D eigenvalue weighted by atomic mass is 32.2.